The van der Waals surface area contributed by atoms with Gasteiger partial charge in [-0.1, -0.05) is 25.0 Å². The molecule has 2 aliphatic rings. The summed E-state index contributed by atoms with van der Waals surface area (Å²) in [6.07, 6.45) is 3.33. The third-order valence-electron chi connectivity index (χ3n) is 4.50. The van der Waals surface area contributed by atoms with Crippen molar-refractivity contribution in [1.82, 2.24) is 10.1 Å². The van der Waals surface area contributed by atoms with Crippen LogP contribution in [0.25, 0.3) is 0 Å². The molecule has 1 heterocycles. The number of ether oxygens (including phenoxy) is 1. The summed E-state index contributed by atoms with van der Waals surface area (Å²) in [5.74, 6) is -0.400. The highest BCUT2D eigenvalue weighted by Gasteiger charge is 2.47. The van der Waals surface area contributed by atoms with Crippen molar-refractivity contribution in [1.29, 1.82) is 0 Å². The monoisotopic (exact) mass is 292 g/mol. The maximum atomic E-state index is 11.4. The Morgan fingerprint density at radius 3 is 2.10 bits per heavy atom. The Balaban J connectivity index is 1.84. The fourth-order valence-corrected chi connectivity index (χ4v) is 3.41. The first-order valence-electron chi connectivity index (χ1n) is 7.26. The second-order valence-corrected chi connectivity index (χ2v) is 5.67. The van der Waals surface area contributed by atoms with Gasteiger partial charge in [0.25, 0.3) is 0 Å². The molecule has 2 atom stereocenters. The zero-order valence-electron chi connectivity index (χ0n) is 12.0. The molecule has 2 unspecified atom stereocenters. The molecule has 1 saturated carbocycles. The van der Waals surface area contributed by atoms with Gasteiger partial charge in [0, 0.05) is 0 Å². The summed E-state index contributed by atoms with van der Waals surface area (Å²) in [7, 11) is 1.34. The van der Waals surface area contributed by atoms with Crippen molar-refractivity contribution in [3.8, 4) is 0 Å². The lowest BCUT2D eigenvalue weighted by molar-refractivity contribution is -0.211. The molecule has 1 aliphatic carbocycles. The van der Waals surface area contributed by atoms with Crippen molar-refractivity contribution >= 4 is 5.97 Å². The lowest BCUT2D eigenvalue weighted by atomic mass is 9.91. The van der Waals surface area contributed by atoms with Crippen LogP contribution in [0.3, 0.4) is 0 Å². The fraction of sp³-hybridized carbons (Fsp3) is 0.533. The van der Waals surface area contributed by atoms with Gasteiger partial charge in [0.2, 0.25) is 0 Å². The van der Waals surface area contributed by atoms with E-state index in [1.165, 1.54) is 17.2 Å². The number of benzene rings is 1. The van der Waals surface area contributed by atoms with Crippen LogP contribution < -0.4 is 0 Å². The number of hydrogen-bond donors (Lipinski definition) is 2. The Kier molecular flexibility index (Phi) is 3.95. The number of hydrogen-bond acceptors (Lipinski definition) is 6. The zero-order valence-corrected chi connectivity index (χ0v) is 12.0. The minimum Gasteiger partial charge on any atom is -0.465 e. The van der Waals surface area contributed by atoms with Gasteiger partial charge < -0.3 is 15.2 Å². The third kappa shape index (κ3) is 2.44. The van der Waals surface area contributed by atoms with Gasteiger partial charge in [-0.3, -0.25) is 0 Å². The average molecular weight is 292 g/mol. The molecule has 2 fully saturated rings. The predicted molar refractivity (Wildman–Crippen MR) is 73.8 cm³/mol. The van der Waals surface area contributed by atoms with Crippen molar-refractivity contribution < 1.29 is 19.9 Å². The van der Waals surface area contributed by atoms with Crippen molar-refractivity contribution in [3.05, 3.63) is 35.4 Å². The largest absolute Gasteiger partial charge is 0.465 e. The maximum Gasteiger partial charge on any atom is 0.337 e. The first-order valence-corrected chi connectivity index (χ1v) is 7.26. The van der Waals surface area contributed by atoms with Crippen LogP contribution in [0.2, 0.25) is 0 Å². The smallest absolute Gasteiger partial charge is 0.337 e. The zero-order chi connectivity index (χ0) is 15.0. The highest BCUT2D eigenvalue weighted by atomic mass is 16.6. The second-order valence-electron chi connectivity index (χ2n) is 5.67. The molecule has 3 rings (SSSR count). The summed E-state index contributed by atoms with van der Waals surface area (Å²) in [4.78, 5) is 11.4. The highest BCUT2D eigenvalue weighted by molar-refractivity contribution is 5.89. The van der Waals surface area contributed by atoms with Crippen LogP contribution in [0.1, 0.15) is 47.8 Å². The topological polar surface area (TPSA) is 73.2 Å². The Bertz CT molecular complexity index is 501. The van der Waals surface area contributed by atoms with E-state index in [-0.39, 0.29) is 12.1 Å². The van der Waals surface area contributed by atoms with Crippen LogP contribution in [0.5, 0.6) is 0 Å². The molecule has 0 amide bonds. The molecule has 0 spiro atoms. The van der Waals surface area contributed by atoms with E-state index in [0.29, 0.717) is 5.56 Å². The van der Waals surface area contributed by atoms with Gasteiger partial charge in [-0.25, -0.2) is 4.79 Å². The van der Waals surface area contributed by atoms with Gasteiger partial charge >= 0.3 is 5.97 Å². The summed E-state index contributed by atoms with van der Waals surface area (Å²) in [6.45, 7) is 0. The molecule has 6 nitrogen and oxygen atoms in total. The van der Waals surface area contributed by atoms with E-state index < -0.39 is 12.1 Å². The molecular weight excluding hydrogens is 272 g/mol. The Hall–Kier alpha value is -1.47. The second kappa shape index (κ2) is 5.73. The number of hydroxylamine groups is 4. The first-order chi connectivity index (χ1) is 10.1. The molecule has 0 bridgehead atoms. The molecule has 21 heavy (non-hydrogen) atoms. The quantitative estimate of drug-likeness (QED) is 0.814. The number of nitrogens with zero attached hydrogens (tertiary/aromatic N) is 2. The minimum absolute atomic E-state index is 0.0333. The first kappa shape index (κ1) is 14.5. The Labute approximate surface area is 123 Å². The van der Waals surface area contributed by atoms with Crippen LogP contribution in [0.4, 0.5) is 0 Å². The lowest BCUT2D eigenvalue weighted by Gasteiger charge is -2.27. The molecule has 0 aromatic heterocycles. The summed E-state index contributed by atoms with van der Waals surface area (Å²) < 4.78 is 4.66. The number of fused-ring (bicyclic) bond motifs is 1. The van der Waals surface area contributed by atoms with Crippen molar-refractivity contribution in [2.24, 2.45) is 0 Å². The lowest BCUT2D eigenvalue weighted by Crippen LogP contribution is -2.37. The molecule has 114 valence electrons. The van der Waals surface area contributed by atoms with Crippen molar-refractivity contribution in [3.63, 3.8) is 0 Å². The van der Waals surface area contributed by atoms with Crippen LogP contribution in [-0.2, 0) is 4.74 Å². The number of methoxy groups -OCH3 is 1. The van der Waals surface area contributed by atoms with Crippen LogP contribution in [0.15, 0.2) is 24.3 Å². The molecule has 1 aromatic rings. The van der Waals surface area contributed by atoms with Gasteiger partial charge in [0.05, 0.1) is 24.8 Å². The summed E-state index contributed by atoms with van der Waals surface area (Å²) >= 11 is 0. The number of carbonyl (C=O) groups excluding carboxylic acids is 1. The predicted octanol–water partition coefficient (Wildman–Crippen LogP) is 2.18. The van der Waals surface area contributed by atoms with E-state index in [1.54, 1.807) is 24.3 Å². The number of carbonyl (C=O) groups is 1. The molecular formula is C15H20N2O4. The van der Waals surface area contributed by atoms with Crippen LogP contribution in [0, 0.1) is 0 Å². The van der Waals surface area contributed by atoms with Gasteiger partial charge in [0.15, 0.2) is 0 Å². The highest BCUT2D eigenvalue weighted by Crippen LogP contribution is 2.40. The fourth-order valence-electron chi connectivity index (χ4n) is 3.41. The maximum absolute atomic E-state index is 11.4. The van der Waals surface area contributed by atoms with E-state index in [0.717, 1.165) is 31.2 Å². The van der Waals surface area contributed by atoms with Crippen LogP contribution >= 0.6 is 0 Å². The SMILES string of the molecule is COC(=O)c1ccc(C2N(O)C3CCCCC3N2O)cc1. The van der Waals surface area contributed by atoms with Crippen molar-refractivity contribution in [2.45, 2.75) is 43.9 Å². The average Bonchev–Trinajstić information content (AvgIpc) is 2.79. The Morgan fingerprint density at radius 2 is 1.62 bits per heavy atom. The minimum atomic E-state index is -0.579. The molecule has 1 aliphatic heterocycles. The van der Waals surface area contributed by atoms with E-state index in [1.807, 2.05) is 0 Å². The molecule has 0 radical (unpaired) electrons. The third-order valence-corrected chi connectivity index (χ3v) is 4.50. The number of esters is 1. The summed E-state index contributed by atoms with van der Waals surface area (Å²) in [5.41, 5.74) is 1.20. The molecule has 1 aromatic carbocycles. The van der Waals surface area contributed by atoms with Crippen LogP contribution in [-0.4, -0.2) is 45.7 Å². The van der Waals surface area contributed by atoms with Gasteiger partial charge in [-0.15, -0.1) is 0 Å². The summed E-state index contributed by atoms with van der Waals surface area (Å²) in [6, 6.07) is 6.69. The van der Waals surface area contributed by atoms with Gasteiger partial charge in [0.1, 0.15) is 6.17 Å². The van der Waals surface area contributed by atoms with E-state index in [9.17, 15) is 15.2 Å². The van der Waals surface area contributed by atoms with Gasteiger partial charge in [-0.05, 0) is 30.5 Å². The number of rotatable bonds is 2. The molecule has 1 saturated heterocycles. The molecule has 2 N–H and O–H groups in total. The van der Waals surface area contributed by atoms with Crippen molar-refractivity contribution in [2.75, 3.05) is 7.11 Å². The standard InChI is InChI=1S/C15H20N2O4/c1-21-15(18)11-8-6-10(7-9-11)14-16(19)12-4-2-3-5-13(12)17(14)20/h6-9,12-14,19-20H,2-5H2,1H3. The van der Waals surface area contributed by atoms with E-state index >= 15 is 0 Å². The van der Waals surface area contributed by atoms with E-state index in [2.05, 4.69) is 4.74 Å². The summed E-state index contributed by atoms with van der Waals surface area (Å²) in [5, 5.41) is 23.2. The van der Waals surface area contributed by atoms with Gasteiger partial charge in [-0.2, -0.15) is 10.1 Å². The van der Waals surface area contributed by atoms with E-state index in [4.69, 9.17) is 0 Å². The molecule has 6 heteroatoms. The normalized spacial score (nSPS) is 30.1. The Morgan fingerprint density at radius 1 is 1.10 bits per heavy atom.